The van der Waals surface area contributed by atoms with Crippen LogP contribution in [0.25, 0.3) is 10.7 Å². The van der Waals surface area contributed by atoms with Gasteiger partial charge in [-0.1, -0.05) is 6.92 Å². The van der Waals surface area contributed by atoms with E-state index in [0.717, 1.165) is 17.7 Å². The minimum atomic E-state index is -0.360. The van der Waals surface area contributed by atoms with Crippen LogP contribution in [0.2, 0.25) is 0 Å². The van der Waals surface area contributed by atoms with Crippen molar-refractivity contribution < 1.29 is 9.18 Å². The number of aromatic nitrogens is 5. The number of nitrogens with one attached hydrogen (secondary N) is 2. The molecule has 0 spiro atoms. The fourth-order valence-electron chi connectivity index (χ4n) is 3.89. The highest BCUT2D eigenvalue weighted by molar-refractivity contribution is 7.14. The normalized spacial score (nSPS) is 20.4. The highest BCUT2D eigenvalue weighted by atomic mass is 32.1. The standard InChI is InChI=1S/C20H22FN7OS/c1-12-6-20(7-12,17-15(21)4-3-5-22-17)11-26-19-25-10-16(27-28-19)18-24-9-14(30-18)8-23-13(2)29/h3-5,9-10,12H,6-8,11H2,1-2H3,(H,23,29)(H,25,26,28)/t12-,20-. The third kappa shape index (κ3) is 4.28. The second kappa shape index (κ2) is 8.39. The van der Waals surface area contributed by atoms with Crippen molar-refractivity contribution in [1.82, 2.24) is 30.5 Å². The third-order valence-corrected chi connectivity index (χ3v) is 6.19. The number of nitrogens with zero attached hydrogens (tertiary/aromatic N) is 5. The molecule has 0 aromatic carbocycles. The fourth-order valence-corrected chi connectivity index (χ4v) is 4.69. The van der Waals surface area contributed by atoms with Gasteiger partial charge in [0.05, 0.1) is 18.4 Å². The number of pyridine rings is 1. The Kier molecular flexibility index (Phi) is 5.67. The van der Waals surface area contributed by atoms with Crippen molar-refractivity contribution in [3.8, 4) is 10.7 Å². The molecule has 30 heavy (non-hydrogen) atoms. The Balaban J connectivity index is 1.42. The third-order valence-electron chi connectivity index (χ3n) is 5.17. The van der Waals surface area contributed by atoms with Gasteiger partial charge in [0, 0.05) is 36.2 Å². The van der Waals surface area contributed by atoms with E-state index >= 15 is 0 Å². The van der Waals surface area contributed by atoms with Crippen LogP contribution >= 0.6 is 11.3 Å². The minimum Gasteiger partial charge on any atom is -0.352 e. The van der Waals surface area contributed by atoms with Gasteiger partial charge in [0.1, 0.15) is 16.5 Å². The summed E-state index contributed by atoms with van der Waals surface area (Å²) in [5, 5.41) is 15.0. The van der Waals surface area contributed by atoms with Crippen LogP contribution in [0.5, 0.6) is 0 Å². The largest absolute Gasteiger partial charge is 0.352 e. The molecule has 1 fully saturated rings. The van der Waals surface area contributed by atoms with Crippen molar-refractivity contribution in [2.75, 3.05) is 11.9 Å². The van der Waals surface area contributed by atoms with E-state index in [-0.39, 0.29) is 17.1 Å². The van der Waals surface area contributed by atoms with E-state index in [1.54, 1.807) is 24.7 Å². The van der Waals surface area contributed by atoms with Gasteiger partial charge in [0.2, 0.25) is 11.9 Å². The maximum Gasteiger partial charge on any atom is 0.242 e. The van der Waals surface area contributed by atoms with Gasteiger partial charge in [-0.2, -0.15) is 0 Å². The first kappa shape index (κ1) is 20.3. The zero-order chi connectivity index (χ0) is 21.1. The van der Waals surface area contributed by atoms with Crippen molar-refractivity contribution >= 4 is 23.2 Å². The lowest BCUT2D eigenvalue weighted by Crippen LogP contribution is -2.47. The average Bonchev–Trinajstić information content (AvgIpc) is 3.19. The second-order valence-corrected chi connectivity index (χ2v) is 8.80. The van der Waals surface area contributed by atoms with E-state index in [1.165, 1.54) is 24.3 Å². The summed E-state index contributed by atoms with van der Waals surface area (Å²) in [5.74, 6) is 0.528. The van der Waals surface area contributed by atoms with Gasteiger partial charge < -0.3 is 10.6 Å². The molecule has 3 heterocycles. The van der Waals surface area contributed by atoms with Crippen molar-refractivity contribution in [2.24, 2.45) is 5.92 Å². The summed E-state index contributed by atoms with van der Waals surface area (Å²) in [5.41, 5.74) is 0.692. The monoisotopic (exact) mass is 427 g/mol. The van der Waals surface area contributed by atoms with Gasteiger partial charge in [0.15, 0.2) is 0 Å². The molecule has 1 amide bonds. The number of hydrogen-bond donors (Lipinski definition) is 2. The number of carbonyl (C=O) groups excluding carboxylic acids is 1. The highest BCUT2D eigenvalue weighted by Gasteiger charge is 2.46. The van der Waals surface area contributed by atoms with Gasteiger partial charge in [-0.25, -0.2) is 14.4 Å². The summed E-state index contributed by atoms with van der Waals surface area (Å²) < 4.78 is 14.3. The molecule has 10 heteroatoms. The number of hydrogen-bond acceptors (Lipinski definition) is 8. The second-order valence-electron chi connectivity index (χ2n) is 7.69. The molecule has 1 aliphatic rings. The first-order valence-electron chi connectivity index (χ1n) is 9.69. The summed E-state index contributed by atoms with van der Waals surface area (Å²) >= 11 is 1.42. The zero-order valence-electron chi connectivity index (χ0n) is 16.7. The molecule has 0 aliphatic heterocycles. The zero-order valence-corrected chi connectivity index (χ0v) is 17.5. The van der Waals surface area contributed by atoms with E-state index in [2.05, 4.69) is 42.7 Å². The Hall–Kier alpha value is -3.01. The summed E-state index contributed by atoms with van der Waals surface area (Å²) in [6.07, 6.45) is 6.65. The molecule has 3 aromatic rings. The molecule has 0 atom stereocenters. The Morgan fingerprint density at radius 1 is 1.27 bits per heavy atom. The van der Waals surface area contributed by atoms with Crippen LogP contribution in [-0.4, -0.2) is 37.6 Å². The lowest BCUT2D eigenvalue weighted by molar-refractivity contribution is -0.119. The fraction of sp³-hybridized carbons (Fsp3) is 0.400. The summed E-state index contributed by atoms with van der Waals surface area (Å²) in [7, 11) is 0. The molecule has 1 saturated carbocycles. The van der Waals surface area contributed by atoms with Crippen LogP contribution < -0.4 is 10.6 Å². The van der Waals surface area contributed by atoms with Gasteiger partial charge >= 0.3 is 0 Å². The first-order chi connectivity index (χ1) is 14.4. The topological polar surface area (TPSA) is 106 Å². The highest BCUT2D eigenvalue weighted by Crippen LogP contribution is 2.47. The van der Waals surface area contributed by atoms with Crippen molar-refractivity contribution in [2.45, 2.75) is 38.6 Å². The molecule has 4 rings (SSSR count). The molecule has 2 N–H and O–H groups in total. The van der Waals surface area contributed by atoms with Crippen molar-refractivity contribution in [3.05, 3.63) is 47.1 Å². The van der Waals surface area contributed by atoms with Crippen LogP contribution in [0.3, 0.4) is 0 Å². The molecule has 0 unspecified atom stereocenters. The molecule has 0 radical (unpaired) electrons. The maximum atomic E-state index is 14.3. The Morgan fingerprint density at radius 3 is 2.77 bits per heavy atom. The molecular weight excluding hydrogens is 405 g/mol. The van der Waals surface area contributed by atoms with Gasteiger partial charge in [-0.05, 0) is 30.9 Å². The molecule has 1 aliphatic carbocycles. The van der Waals surface area contributed by atoms with Crippen LogP contribution in [0, 0.1) is 11.7 Å². The van der Waals surface area contributed by atoms with E-state index in [4.69, 9.17) is 0 Å². The molecule has 0 saturated heterocycles. The summed E-state index contributed by atoms with van der Waals surface area (Å²) in [4.78, 5) is 24.9. The first-order valence-corrected chi connectivity index (χ1v) is 10.5. The molecule has 0 bridgehead atoms. The van der Waals surface area contributed by atoms with E-state index in [0.29, 0.717) is 41.4 Å². The molecule has 3 aromatic heterocycles. The predicted molar refractivity (Wildman–Crippen MR) is 111 cm³/mol. The number of amides is 1. The lowest BCUT2D eigenvalue weighted by atomic mass is 9.60. The minimum absolute atomic E-state index is 0.0916. The van der Waals surface area contributed by atoms with Gasteiger partial charge in [-0.3, -0.25) is 9.78 Å². The number of thiazole rings is 1. The number of anilines is 1. The molecular formula is C20H22FN7OS. The maximum absolute atomic E-state index is 14.3. The Labute approximate surface area is 177 Å². The smallest absolute Gasteiger partial charge is 0.242 e. The predicted octanol–water partition coefficient (Wildman–Crippen LogP) is 2.95. The van der Waals surface area contributed by atoms with Gasteiger partial charge in [0.25, 0.3) is 0 Å². The van der Waals surface area contributed by atoms with Crippen molar-refractivity contribution in [3.63, 3.8) is 0 Å². The van der Waals surface area contributed by atoms with Crippen LogP contribution in [0.4, 0.5) is 10.3 Å². The SMILES string of the molecule is CC(=O)NCc1cnc(-c2cnc(NC[C@]3(c4ncccc4F)C[C@H](C)C3)nn2)s1. The number of halogens is 1. The Bertz CT molecular complexity index is 1030. The van der Waals surface area contributed by atoms with Crippen LogP contribution in [0.1, 0.15) is 37.3 Å². The van der Waals surface area contributed by atoms with E-state index < -0.39 is 0 Å². The molecule has 156 valence electrons. The van der Waals surface area contributed by atoms with Crippen molar-refractivity contribution in [1.29, 1.82) is 0 Å². The average molecular weight is 428 g/mol. The lowest BCUT2D eigenvalue weighted by Gasteiger charge is -2.46. The summed E-state index contributed by atoms with van der Waals surface area (Å²) in [6.45, 7) is 4.54. The quantitative estimate of drug-likeness (QED) is 0.597. The Morgan fingerprint density at radius 2 is 2.10 bits per heavy atom. The molecule has 8 nitrogen and oxygen atoms in total. The number of rotatable bonds is 7. The van der Waals surface area contributed by atoms with Crippen LogP contribution in [-0.2, 0) is 16.8 Å². The summed E-state index contributed by atoms with van der Waals surface area (Å²) in [6, 6.07) is 3.06. The number of carbonyl (C=O) groups is 1. The van der Waals surface area contributed by atoms with E-state index in [9.17, 15) is 9.18 Å². The van der Waals surface area contributed by atoms with E-state index in [1.807, 2.05) is 0 Å². The van der Waals surface area contributed by atoms with Crippen LogP contribution in [0.15, 0.2) is 30.7 Å². The van der Waals surface area contributed by atoms with Gasteiger partial charge in [-0.15, -0.1) is 21.5 Å².